The number of fused-ring (bicyclic) bond motifs is 1. The van der Waals surface area contributed by atoms with Crippen LogP contribution in [0.3, 0.4) is 0 Å². The molecule has 1 aliphatic rings. The summed E-state index contributed by atoms with van der Waals surface area (Å²) in [5.41, 5.74) is 0.105. The summed E-state index contributed by atoms with van der Waals surface area (Å²) in [5.74, 6) is -0.619. The lowest BCUT2D eigenvalue weighted by atomic mass is 10.1. The molecule has 2 aromatic rings. The maximum absolute atomic E-state index is 12.3. The van der Waals surface area contributed by atoms with Gasteiger partial charge in [0.25, 0.3) is 5.56 Å². The molecule has 1 atom stereocenters. The molecule has 2 heterocycles. The SMILES string of the molecule is O=C(Cn1nnc2ccccc2c1=O)NC1CCCCNC1=O. The van der Waals surface area contributed by atoms with Crippen LogP contribution in [-0.4, -0.2) is 39.4 Å². The highest BCUT2D eigenvalue weighted by Gasteiger charge is 2.22. The molecule has 0 aliphatic carbocycles. The van der Waals surface area contributed by atoms with Gasteiger partial charge in [-0.1, -0.05) is 17.3 Å². The van der Waals surface area contributed by atoms with Crippen LogP contribution in [0.2, 0.25) is 0 Å². The monoisotopic (exact) mass is 315 g/mol. The van der Waals surface area contributed by atoms with E-state index in [0.29, 0.717) is 23.9 Å². The summed E-state index contributed by atoms with van der Waals surface area (Å²) in [7, 11) is 0. The number of hydrogen-bond acceptors (Lipinski definition) is 5. The number of aromatic nitrogens is 3. The smallest absolute Gasteiger partial charge is 0.278 e. The van der Waals surface area contributed by atoms with Crippen molar-refractivity contribution in [3.63, 3.8) is 0 Å². The average molecular weight is 315 g/mol. The first-order chi connectivity index (χ1) is 11.1. The van der Waals surface area contributed by atoms with Gasteiger partial charge in [-0.25, -0.2) is 4.68 Å². The summed E-state index contributed by atoms with van der Waals surface area (Å²) in [6.07, 6.45) is 2.35. The first kappa shape index (κ1) is 15.1. The molecular weight excluding hydrogens is 298 g/mol. The fourth-order valence-electron chi connectivity index (χ4n) is 2.58. The van der Waals surface area contributed by atoms with Crippen LogP contribution in [0.25, 0.3) is 10.9 Å². The van der Waals surface area contributed by atoms with Crippen LogP contribution >= 0.6 is 0 Å². The van der Waals surface area contributed by atoms with Crippen molar-refractivity contribution in [3.8, 4) is 0 Å². The molecule has 1 saturated heterocycles. The summed E-state index contributed by atoms with van der Waals surface area (Å²) in [6, 6.07) is 6.25. The molecule has 0 saturated carbocycles. The van der Waals surface area contributed by atoms with Crippen molar-refractivity contribution in [2.45, 2.75) is 31.8 Å². The number of hydrogen-bond donors (Lipinski definition) is 2. The summed E-state index contributed by atoms with van der Waals surface area (Å²) >= 11 is 0. The molecule has 0 bridgehead atoms. The Bertz CT molecular complexity index is 801. The summed E-state index contributed by atoms with van der Waals surface area (Å²) in [5, 5.41) is 13.5. The van der Waals surface area contributed by atoms with Crippen LogP contribution in [-0.2, 0) is 16.1 Å². The van der Waals surface area contributed by atoms with E-state index in [2.05, 4.69) is 20.9 Å². The van der Waals surface area contributed by atoms with Crippen molar-refractivity contribution < 1.29 is 9.59 Å². The van der Waals surface area contributed by atoms with E-state index in [1.165, 1.54) is 0 Å². The highest BCUT2D eigenvalue weighted by atomic mass is 16.2. The number of carbonyl (C=O) groups excluding carboxylic acids is 2. The minimum absolute atomic E-state index is 0.187. The quantitative estimate of drug-likeness (QED) is 0.800. The third-order valence-corrected chi connectivity index (χ3v) is 3.79. The summed E-state index contributed by atoms with van der Waals surface area (Å²) in [4.78, 5) is 36.2. The van der Waals surface area contributed by atoms with E-state index in [0.717, 1.165) is 17.5 Å². The van der Waals surface area contributed by atoms with Crippen LogP contribution in [0.15, 0.2) is 29.1 Å². The summed E-state index contributed by atoms with van der Waals surface area (Å²) in [6.45, 7) is 0.362. The Morgan fingerprint density at radius 1 is 1.30 bits per heavy atom. The molecule has 23 heavy (non-hydrogen) atoms. The number of nitrogens with one attached hydrogen (secondary N) is 2. The lowest BCUT2D eigenvalue weighted by Gasteiger charge is -2.15. The first-order valence-corrected chi connectivity index (χ1v) is 7.55. The largest absolute Gasteiger partial charge is 0.354 e. The van der Waals surface area contributed by atoms with Crippen molar-refractivity contribution in [1.29, 1.82) is 0 Å². The Balaban J connectivity index is 1.74. The predicted molar refractivity (Wildman–Crippen MR) is 82.6 cm³/mol. The Labute approximate surface area is 131 Å². The van der Waals surface area contributed by atoms with Crippen molar-refractivity contribution in [2.75, 3.05) is 6.54 Å². The molecule has 2 amide bonds. The van der Waals surface area contributed by atoms with Crippen LogP contribution in [0.5, 0.6) is 0 Å². The molecule has 1 fully saturated rings. The molecular formula is C15H17N5O3. The maximum Gasteiger partial charge on any atom is 0.278 e. The van der Waals surface area contributed by atoms with E-state index in [1.807, 2.05) is 0 Å². The van der Waals surface area contributed by atoms with E-state index in [1.54, 1.807) is 24.3 Å². The van der Waals surface area contributed by atoms with E-state index in [-0.39, 0.29) is 18.0 Å². The fourth-order valence-corrected chi connectivity index (χ4v) is 2.58. The second-order valence-electron chi connectivity index (χ2n) is 5.48. The highest BCUT2D eigenvalue weighted by Crippen LogP contribution is 2.06. The van der Waals surface area contributed by atoms with Gasteiger partial charge in [0.05, 0.1) is 5.39 Å². The van der Waals surface area contributed by atoms with E-state index >= 15 is 0 Å². The van der Waals surface area contributed by atoms with Crippen molar-refractivity contribution >= 4 is 22.7 Å². The lowest BCUT2D eigenvalue weighted by molar-refractivity contribution is -0.129. The molecule has 120 valence electrons. The minimum Gasteiger partial charge on any atom is -0.354 e. The molecule has 8 heteroatoms. The molecule has 2 N–H and O–H groups in total. The van der Waals surface area contributed by atoms with E-state index in [9.17, 15) is 14.4 Å². The molecule has 8 nitrogen and oxygen atoms in total. The third-order valence-electron chi connectivity index (χ3n) is 3.79. The zero-order valence-electron chi connectivity index (χ0n) is 12.5. The molecule has 0 spiro atoms. The van der Waals surface area contributed by atoms with E-state index in [4.69, 9.17) is 0 Å². The Morgan fingerprint density at radius 2 is 2.13 bits per heavy atom. The van der Waals surface area contributed by atoms with Crippen molar-refractivity contribution in [3.05, 3.63) is 34.6 Å². The van der Waals surface area contributed by atoms with Crippen molar-refractivity contribution in [2.24, 2.45) is 0 Å². The van der Waals surface area contributed by atoms with Gasteiger partial charge in [-0.15, -0.1) is 5.10 Å². The zero-order valence-corrected chi connectivity index (χ0v) is 12.5. The van der Waals surface area contributed by atoms with Gasteiger partial charge in [0.2, 0.25) is 11.8 Å². The number of amides is 2. The lowest BCUT2D eigenvalue weighted by Crippen LogP contribution is -2.47. The fraction of sp³-hybridized carbons (Fsp3) is 0.400. The topological polar surface area (TPSA) is 106 Å². The Kier molecular flexibility index (Phi) is 4.31. The number of rotatable bonds is 3. The highest BCUT2D eigenvalue weighted by molar-refractivity contribution is 5.87. The van der Waals surface area contributed by atoms with Crippen LogP contribution in [0, 0.1) is 0 Å². The van der Waals surface area contributed by atoms with Gasteiger partial charge in [-0.2, -0.15) is 0 Å². The van der Waals surface area contributed by atoms with E-state index < -0.39 is 11.9 Å². The zero-order chi connectivity index (χ0) is 16.2. The van der Waals surface area contributed by atoms with Gasteiger partial charge in [0.15, 0.2) is 0 Å². The van der Waals surface area contributed by atoms with Gasteiger partial charge in [-0.05, 0) is 31.4 Å². The molecule has 1 aromatic heterocycles. The van der Waals surface area contributed by atoms with Gasteiger partial charge in [0, 0.05) is 6.54 Å². The average Bonchev–Trinajstić information content (AvgIpc) is 2.75. The van der Waals surface area contributed by atoms with Crippen LogP contribution in [0.1, 0.15) is 19.3 Å². The van der Waals surface area contributed by atoms with Gasteiger partial charge in [0.1, 0.15) is 18.1 Å². The first-order valence-electron chi connectivity index (χ1n) is 7.55. The summed E-state index contributed by atoms with van der Waals surface area (Å²) < 4.78 is 1.01. The standard InChI is InChI=1S/C15H17N5O3/c21-13(17-12-7-3-4-8-16-14(12)22)9-20-15(23)10-5-1-2-6-11(10)18-19-20/h1-2,5-6,12H,3-4,7-9H2,(H,16,22)(H,17,21). The second-order valence-corrected chi connectivity index (χ2v) is 5.48. The van der Waals surface area contributed by atoms with Gasteiger partial charge >= 0.3 is 0 Å². The van der Waals surface area contributed by atoms with Crippen LogP contribution < -0.4 is 16.2 Å². The third kappa shape index (κ3) is 3.36. The number of benzene rings is 1. The second kappa shape index (κ2) is 6.55. The van der Waals surface area contributed by atoms with Crippen LogP contribution in [0.4, 0.5) is 0 Å². The molecule has 1 aliphatic heterocycles. The molecule has 3 rings (SSSR count). The van der Waals surface area contributed by atoms with Gasteiger partial charge in [-0.3, -0.25) is 14.4 Å². The Morgan fingerprint density at radius 3 is 3.00 bits per heavy atom. The minimum atomic E-state index is -0.561. The van der Waals surface area contributed by atoms with Gasteiger partial charge < -0.3 is 10.6 Å². The molecule has 1 aromatic carbocycles. The van der Waals surface area contributed by atoms with Crippen molar-refractivity contribution in [1.82, 2.24) is 25.6 Å². The maximum atomic E-state index is 12.3. The molecule has 0 radical (unpaired) electrons. The molecule has 1 unspecified atom stereocenters. The predicted octanol–water partition coefficient (Wildman–Crippen LogP) is -0.424. The number of nitrogens with zero attached hydrogens (tertiary/aromatic N) is 3. The normalized spacial score (nSPS) is 18.3. The number of carbonyl (C=O) groups is 2. The Hall–Kier alpha value is -2.77.